The largest absolute Gasteiger partial charge is 0.365 e. The molecular formula is C26H34BrCl3N2O. The second kappa shape index (κ2) is 15.2. The Balaban J connectivity index is 0.00000385. The van der Waals surface area contributed by atoms with E-state index in [2.05, 4.69) is 29.1 Å². The first-order valence-electron chi connectivity index (χ1n) is 11.5. The molecule has 7 heteroatoms. The van der Waals surface area contributed by atoms with Gasteiger partial charge in [0.1, 0.15) is 11.6 Å². The highest BCUT2D eigenvalue weighted by molar-refractivity contribution is 8.93. The van der Waals surface area contributed by atoms with E-state index in [4.69, 9.17) is 39.5 Å². The first kappa shape index (κ1) is 28.3. The van der Waals surface area contributed by atoms with Gasteiger partial charge in [-0.2, -0.15) is 0 Å². The molecule has 0 aromatic heterocycles. The Hall–Kier alpha value is -0.910. The Morgan fingerprint density at radius 2 is 1.45 bits per heavy atom. The average Bonchev–Trinajstić information content (AvgIpc) is 3.27. The lowest BCUT2D eigenvalue weighted by Crippen LogP contribution is -2.35. The van der Waals surface area contributed by atoms with E-state index in [0.717, 1.165) is 24.3 Å². The Morgan fingerprint density at radius 1 is 0.848 bits per heavy atom. The van der Waals surface area contributed by atoms with Crippen molar-refractivity contribution in [2.24, 2.45) is 0 Å². The van der Waals surface area contributed by atoms with Gasteiger partial charge in [-0.15, -0.1) is 17.0 Å². The maximum absolute atomic E-state index is 6.97. The Kier molecular flexibility index (Phi) is 13.0. The number of hydrogen-bond donors (Lipinski definition) is 0. The molecule has 0 N–H and O–H groups in total. The molecule has 182 valence electrons. The predicted molar refractivity (Wildman–Crippen MR) is 146 cm³/mol. The highest BCUT2D eigenvalue weighted by atomic mass is 79.9. The molecule has 33 heavy (non-hydrogen) atoms. The van der Waals surface area contributed by atoms with Crippen LogP contribution in [-0.2, 0) is 11.3 Å². The summed E-state index contributed by atoms with van der Waals surface area (Å²) in [6.07, 6.45) is 11.7. The van der Waals surface area contributed by atoms with Crippen LogP contribution in [0.15, 0.2) is 60.9 Å². The van der Waals surface area contributed by atoms with Gasteiger partial charge in [-0.25, -0.2) is 0 Å². The van der Waals surface area contributed by atoms with E-state index in [1.54, 1.807) is 0 Å². The van der Waals surface area contributed by atoms with Gasteiger partial charge in [0.2, 0.25) is 0 Å². The topological polar surface area (TPSA) is 15.7 Å². The van der Waals surface area contributed by atoms with Gasteiger partial charge in [0.25, 0.3) is 0 Å². The molecule has 2 unspecified atom stereocenters. The summed E-state index contributed by atoms with van der Waals surface area (Å²) >= 11 is 19.1. The molecule has 0 saturated heterocycles. The number of halogens is 4. The van der Waals surface area contributed by atoms with Crippen molar-refractivity contribution in [1.82, 2.24) is 9.80 Å². The van der Waals surface area contributed by atoms with Gasteiger partial charge in [0.05, 0.1) is 13.3 Å². The van der Waals surface area contributed by atoms with Crippen molar-refractivity contribution in [3.05, 3.63) is 82.1 Å². The van der Waals surface area contributed by atoms with E-state index in [9.17, 15) is 0 Å². The monoisotopic (exact) mass is 574 g/mol. The fourth-order valence-corrected chi connectivity index (χ4v) is 4.41. The van der Waals surface area contributed by atoms with Crippen LogP contribution in [0.25, 0.3) is 0 Å². The third-order valence-corrected chi connectivity index (χ3v) is 6.70. The van der Waals surface area contributed by atoms with Gasteiger partial charge in [0.15, 0.2) is 0 Å². The molecule has 2 aromatic rings. The lowest BCUT2D eigenvalue weighted by atomic mass is 10.1. The van der Waals surface area contributed by atoms with Crippen molar-refractivity contribution in [2.45, 2.75) is 63.7 Å². The molecule has 3 rings (SSSR count). The van der Waals surface area contributed by atoms with E-state index >= 15 is 0 Å². The number of alkyl halides is 1. The van der Waals surface area contributed by atoms with Crippen molar-refractivity contribution in [1.29, 1.82) is 0 Å². The maximum Gasteiger partial charge on any atom is 0.135 e. The van der Waals surface area contributed by atoms with Crippen molar-refractivity contribution in [3.63, 3.8) is 0 Å². The highest BCUT2D eigenvalue weighted by Gasteiger charge is 2.29. The zero-order chi connectivity index (χ0) is 22.8. The minimum atomic E-state index is -0.339. The summed E-state index contributed by atoms with van der Waals surface area (Å²) in [6, 6.07) is 15.4. The molecule has 0 amide bonds. The lowest BCUT2D eigenvalue weighted by molar-refractivity contribution is 0.00676. The molecule has 0 aliphatic carbocycles. The molecule has 2 aromatic carbocycles. The molecule has 1 aliphatic rings. The number of benzene rings is 2. The summed E-state index contributed by atoms with van der Waals surface area (Å²) in [5.74, 6) is 0. The lowest BCUT2D eigenvalue weighted by Gasteiger charge is -2.31. The Bertz CT molecular complexity index is 832. The molecule has 0 fully saturated rings. The molecule has 0 saturated carbocycles. The van der Waals surface area contributed by atoms with Gasteiger partial charge in [-0.1, -0.05) is 98.1 Å². The zero-order valence-corrected chi connectivity index (χ0v) is 23.1. The van der Waals surface area contributed by atoms with Crippen molar-refractivity contribution >= 4 is 51.8 Å². The maximum atomic E-state index is 6.97. The molecule has 0 bridgehead atoms. The molecule has 2 atom stereocenters. The Labute approximate surface area is 224 Å². The van der Waals surface area contributed by atoms with Gasteiger partial charge >= 0.3 is 0 Å². The minimum absolute atomic E-state index is 0. The summed E-state index contributed by atoms with van der Waals surface area (Å²) in [4.78, 5) is 4.47. The van der Waals surface area contributed by atoms with E-state index < -0.39 is 0 Å². The average molecular weight is 577 g/mol. The van der Waals surface area contributed by atoms with Crippen LogP contribution in [0.3, 0.4) is 0 Å². The van der Waals surface area contributed by atoms with Crippen LogP contribution in [0.2, 0.25) is 10.0 Å². The number of ether oxygens (including phenoxy) is 1. The quantitative estimate of drug-likeness (QED) is 0.135. The smallest absolute Gasteiger partial charge is 0.135 e. The van der Waals surface area contributed by atoms with Crippen LogP contribution in [-0.4, -0.2) is 28.5 Å². The normalized spacial score (nSPS) is 14.9. The summed E-state index contributed by atoms with van der Waals surface area (Å²) in [7, 11) is 0. The van der Waals surface area contributed by atoms with Crippen LogP contribution in [0.4, 0.5) is 0 Å². The van der Waals surface area contributed by atoms with E-state index in [1.165, 1.54) is 38.5 Å². The van der Waals surface area contributed by atoms with Crippen LogP contribution in [0.1, 0.15) is 62.7 Å². The van der Waals surface area contributed by atoms with E-state index in [1.807, 2.05) is 48.5 Å². The summed E-state index contributed by atoms with van der Waals surface area (Å²) in [6.45, 7) is 4.53. The summed E-state index contributed by atoms with van der Waals surface area (Å²) < 4.78 is 6.33. The fraction of sp³-hybridized carbons (Fsp3) is 0.462. The Morgan fingerprint density at radius 3 is 2.12 bits per heavy atom. The van der Waals surface area contributed by atoms with Crippen molar-refractivity contribution < 1.29 is 4.74 Å². The van der Waals surface area contributed by atoms with Gasteiger partial charge < -0.3 is 14.5 Å². The van der Waals surface area contributed by atoms with Gasteiger partial charge in [-0.05, 0) is 41.8 Å². The number of rotatable bonds is 13. The first-order chi connectivity index (χ1) is 15.6. The van der Waals surface area contributed by atoms with E-state index in [-0.39, 0.29) is 28.6 Å². The number of nitrogens with zero attached hydrogens (tertiary/aromatic N) is 2. The van der Waals surface area contributed by atoms with Gasteiger partial charge in [-0.3, -0.25) is 0 Å². The van der Waals surface area contributed by atoms with Crippen LogP contribution in [0, 0.1) is 0 Å². The molecule has 1 aliphatic heterocycles. The predicted octanol–water partition coefficient (Wildman–Crippen LogP) is 8.80. The van der Waals surface area contributed by atoms with Crippen LogP contribution < -0.4 is 0 Å². The SMILES string of the molecule is Br.CCCCCCCCN1C=CN(C(Cl)C(OCc2ccc(Cl)cc2)c2ccc(Cl)cc2)C1. The molecule has 0 radical (unpaired) electrons. The second-order valence-corrected chi connectivity index (χ2v) is 9.64. The third-order valence-electron chi connectivity index (χ3n) is 5.72. The first-order valence-corrected chi connectivity index (χ1v) is 12.7. The minimum Gasteiger partial charge on any atom is -0.365 e. The standard InChI is InChI=1S/C26H33Cl3N2O.BrH/c1-2-3-4-5-6-7-16-30-17-18-31(20-30)26(29)25(22-10-14-24(28)15-11-22)32-19-21-8-12-23(27)13-9-21;/h8-15,17-18,25-26H,2-7,16,19-20H2,1H3;1H. The molecule has 3 nitrogen and oxygen atoms in total. The third kappa shape index (κ3) is 9.33. The molecular weight excluding hydrogens is 543 g/mol. The van der Waals surface area contributed by atoms with E-state index in [0.29, 0.717) is 16.7 Å². The highest BCUT2D eigenvalue weighted by Crippen LogP contribution is 2.32. The van der Waals surface area contributed by atoms with Crippen LogP contribution >= 0.6 is 51.8 Å². The number of hydrogen-bond acceptors (Lipinski definition) is 3. The summed E-state index contributed by atoms with van der Waals surface area (Å²) in [5, 5.41) is 1.41. The summed E-state index contributed by atoms with van der Waals surface area (Å²) in [5.41, 5.74) is 1.72. The van der Waals surface area contributed by atoms with Crippen LogP contribution in [0.5, 0.6) is 0 Å². The number of unbranched alkanes of at least 4 members (excludes halogenated alkanes) is 5. The van der Waals surface area contributed by atoms with Crippen molar-refractivity contribution in [2.75, 3.05) is 13.2 Å². The van der Waals surface area contributed by atoms with Crippen molar-refractivity contribution in [3.8, 4) is 0 Å². The molecule has 1 heterocycles. The van der Waals surface area contributed by atoms with Gasteiger partial charge in [0, 0.05) is 29.0 Å². The zero-order valence-electron chi connectivity index (χ0n) is 19.1. The molecule has 0 spiro atoms. The fourth-order valence-electron chi connectivity index (χ4n) is 3.81. The second-order valence-electron chi connectivity index (χ2n) is 8.32.